The van der Waals surface area contributed by atoms with Gasteiger partial charge >= 0.3 is 12.1 Å². The molecule has 0 spiro atoms. The van der Waals surface area contributed by atoms with E-state index in [0.29, 0.717) is 13.0 Å². The lowest BCUT2D eigenvalue weighted by Crippen LogP contribution is -2.42. The van der Waals surface area contributed by atoms with Gasteiger partial charge in [0.15, 0.2) is 0 Å². The van der Waals surface area contributed by atoms with Crippen LogP contribution in [0.2, 0.25) is 0 Å². The van der Waals surface area contributed by atoms with E-state index in [1.54, 1.807) is 6.92 Å². The fourth-order valence-electron chi connectivity index (χ4n) is 5.16. The van der Waals surface area contributed by atoms with Gasteiger partial charge in [0.1, 0.15) is 6.61 Å². The van der Waals surface area contributed by atoms with Gasteiger partial charge in [-0.25, -0.2) is 4.79 Å². The van der Waals surface area contributed by atoms with Crippen molar-refractivity contribution in [1.82, 2.24) is 10.6 Å². The number of nitrogens with one attached hydrogen (secondary N) is 2. The first-order valence-electron chi connectivity index (χ1n) is 12.0. The fourth-order valence-corrected chi connectivity index (χ4v) is 5.16. The van der Waals surface area contributed by atoms with E-state index in [4.69, 9.17) is 4.74 Å². The molecule has 0 heterocycles. The maximum absolute atomic E-state index is 12.5. The number of rotatable bonds is 8. The summed E-state index contributed by atoms with van der Waals surface area (Å²) in [5, 5.41) is 14.9. The molecule has 7 nitrogen and oxygen atoms in total. The van der Waals surface area contributed by atoms with Gasteiger partial charge in [0.2, 0.25) is 5.91 Å². The summed E-state index contributed by atoms with van der Waals surface area (Å²) in [6.45, 7) is 2.45. The number of fused-ring (bicyclic) bond motifs is 3. The molecule has 1 fully saturated rings. The lowest BCUT2D eigenvalue weighted by Gasteiger charge is -2.29. The SMILES string of the molecule is CC(CNC(=O)OCC1c2ccccc2-c2ccccc21)C(=O)NC[C@H]1CCCC[C@H]1C(=O)O. The van der Waals surface area contributed by atoms with Gasteiger partial charge in [-0.1, -0.05) is 68.3 Å². The van der Waals surface area contributed by atoms with Crippen molar-refractivity contribution in [2.45, 2.75) is 38.5 Å². The number of carbonyl (C=O) groups excluding carboxylic acids is 2. The minimum atomic E-state index is -0.788. The Kier molecular flexibility index (Phi) is 7.50. The van der Waals surface area contributed by atoms with Crippen LogP contribution in [0.3, 0.4) is 0 Å². The fraction of sp³-hybridized carbons (Fsp3) is 0.444. The minimum absolute atomic E-state index is 0.0171. The molecule has 0 saturated heterocycles. The van der Waals surface area contributed by atoms with Gasteiger partial charge < -0.3 is 20.5 Å². The third kappa shape index (κ3) is 5.24. The summed E-state index contributed by atoms with van der Waals surface area (Å²) in [7, 11) is 0. The van der Waals surface area contributed by atoms with E-state index in [2.05, 4.69) is 34.9 Å². The van der Waals surface area contributed by atoms with Crippen LogP contribution in [0.25, 0.3) is 11.1 Å². The second-order valence-corrected chi connectivity index (χ2v) is 9.34. The van der Waals surface area contributed by atoms with Crippen LogP contribution in [0.15, 0.2) is 48.5 Å². The molecule has 2 aromatic rings. The average molecular weight is 465 g/mol. The van der Waals surface area contributed by atoms with Gasteiger partial charge in [-0.05, 0) is 41.0 Å². The molecule has 34 heavy (non-hydrogen) atoms. The van der Waals surface area contributed by atoms with Crippen LogP contribution in [0, 0.1) is 17.8 Å². The van der Waals surface area contributed by atoms with E-state index in [1.807, 2.05) is 24.3 Å². The third-order valence-electron chi connectivity index (χ3n) is 7.11. The van der Waals surface area contributed by atoms with Gasteiger partial charge in [-0.3, -0.25) is 9.59 Å². The van der Waals surface area contributed by atoms with Crippen LogP contribution in [0.5, 0.6) is 0 Å². The van der Waals surface area contributed by atoms with Crippen LogP contribution in [-0.2, 0) is 14.3 Å². The summed E-state index contributed by atoms with van der Waals surface area (Å²) in [4.78, 5) is 36.2. The largest absolute Gasteiger partial charge is 0.481 e. The van der Waals surface area contributed by atoms with Gasteiger partial charge in [0.05, 0.1) is 11.8 Å². The molecule has 4 rings (SSSR count). The molecule has 7 heteroatoms. The van der Waals surface area contributed by atoms with Crippen molar-refractivity contribution in [3.05, 3.63) is 59.7 Å². The number of ether oxygens (including phenoxy) is 1. The van der Waals surface area contributed by atoms with Crippen LogP contribution in [0.1, 0.15) is 49.7 Å². The molecular formula is C27H32N2O5. The number of carboxylic acids is 1. The van der Waals surface area contributed by atoms with E-state index >= 15 is 0 Å². The Morgan fingerprint density at radius 2 is 1.59 bits per heavy atom. The normalized spacial score (nSPS) is 20.0. The van der Waals surface area contributed by atoms with Crippen molar-refractivity contribution in [3.63, 3.8) is 0 Å². The van der Waals surface area contributed by atoms with Crippen LogP contribution in [0.4, 0.5) is 4.79 Å². The average Bonchev–Trinajstić information content (AvgIpc) is 3.18. The zero-order valence-electron chi connectivity index (χ0n) is 19.5. The Balaban J connectivity index is 1.23. The smallest absolute Gasteiger partial charge is 0.407 e. The molecular weight excluding hydrogens is 432 g/mol. The number of carboxylic acid groups (broad SMARTS) is 1. The van der Waals surface area contributed by atoms with Gasteiger partial charge in [0.25, 0.3) is 0 Å². The molecule has 0 aromatic heterocycles. The number of hydrogen-bond donors (Lipinski definition) is 3. The molecule has 2 aromatic carbocycles. The number of alkyl carbamates (subject to hydrolysis) is 1. The van der Waals surface area contributed by atoms with E-state index in [-0.39, 0.29) is 30.9 Å². The zero-order valence-corrected chi connectivity index (χ0v) is 19.5. The maximum Gasteiger partial charge on any atom is 0.407 e. The van der Waals surface area contributed by atoms with Crippen LogP contribution >= 0.6 is 0 Å². The molecule has 3 N–H and O–H groups in total. The number of benzene rings is 2. The summed E-state index contributed by atoms with van der Waals surface area (Å²) in [5.74, 6) is -1.90. The molecule has 2 aliphatic carbocycles. The van der Waals surface area contributed by atoms with Crippen molar-refractivity contribution in [1.29, 1.82) is 0 Å². The Morgan fingerprint density at radius 1 is 0.971 bits per heavy atom. The first-order chi connectivity index (χ1) is 16.5. The first-order valence-corrected chi connectivity index (χ1v) is 12.0. The molecule has 0 bridgehead atoms. The molecule has 0 aliphatic heterocycles. The highest BCUT2D eigenvalue weighted by atomic mass is 16.5. The standard InChI is InChI=1S/C27H32N2O5/c1-17(25(30)28-15-18-8-2-3-9-19(18)26(31)32)14-29-27(33)34-16-24-22-12-6-4-10-20(22)21-11-5-7-13-23(21)24/h4-7,10-13,17-19,24H,2-3,8-9,14-16H2,1H3,(H,28,30)(H,29,33)(H,31,32)/t17?,18-,19-/m1/s1. The number of carbonyl (C=O) groups is 3. The highest BCUT2D eigenvalue weighted by Crippen LogP contribution is 2.44. The Morgan fingerprint density at radius 3 is 2.24 bits per heavy atom. The molecule has 1 unspecified atom stereocenters. The number of hydrogen-bond acceptors (Lipinski definition) is 4. The Bertz CT molecular complexity index is 1010. The summed E-state index contributed by atoms with van der Waals surface area (Å²) < 4.78 is 5.52. The topological polar surface area (TPSA) is 105 Å². The third-order valence-corrected chi connectivity index (χ3v) is 7.11. The predicted octanol–water partition coefficient (Wildman–Crippen LogP) is 4.17. The molecule has 2 amide bonds. The van der Waals surface area contributed by atoms with Crippen molar-refractivity contribution in [2.75, 3.05) is 19.7 Å². The van der Waals surface area contributed by atoms with Gasteiger partial charge in [-0.15, -0.1) is 0 Å². The lowest BCUT2D eigenvalue weighted by molar-refractivity contribution is -0.145. The monoisotopic (exact) mass is 464 g/mol. The second-order valence-electron chi connectivity index (χ2n) is 9.34. The summed E-state index contributed by atoms with van der Waals surface area (Å²) in [5.41, 5.74) is 4.62. The second kappa shape index (κ2) is 10.7. The molecule has 2 aliphatic rings. The predicted molar refractivity (Wildman–Crippen MR) is 128 cm³/mol. The first kappa shape index (κ1) is 23.8. The van der Waals surface area contributed by atoms with E-state index in [0.717, 1.165) is 30.4 Å². The van der Waals surface area contributed by atoms with E-state index < -0.39 is 23.9 Å². The van der Waals surface area contributed by atoms with Crippen LogP contribution < -0.4 is 10.6 Å². The Hall–Kier alpha value is -3.35. The Labute approximate surface area is 199 Å². The van der Waals surface area contributed by atoms with Crippen molar-refractivity contribution in [2.24, 2.45) is 17.8 Å². The van der Waals surface area contributed by atoms with E-state index in [9.17, 15) is 19.5 Å². The summed E-state index contributed by atoms with van der Waals surface area (Å²) in [6.07, 6.45) is 2.82. The zero-order chi connectivity index (χ0) is 24.1. The van der Waals surface area contributed by atoms with Crippen LogP contribution in [-0.4, -0.2) is 42.8 Å². The highest BCUT2D eigenvalue weighted by Gasteiger charge is 2.31. The minimum Gasteiger partial charge on any atom is -0.481 e. The van der Waals surface area contributed by atoms with E-state index in [1.165, 1.54) is 11.1 Å². The molecule has 0 radical (unpaired) electrons. The molecule has 1 saturated carbocycles. The van der Waals surface area contributed by atoms with Gasteiger partial charge in [0, 0.05) is 19.0 Å². The lowest BCUT2D eigenvalue weighted by atomic mass is 9.79. The number of aliphatic carboxylic acids is 1. The van der Waals surface area contributed by atoms with Crippen molar-refractivity contribution < 1.29 is 24.2 Å². The number of amides is 2. The maximum atomic E-state index is 12.5. The molecule has 3 atom stereocenters. The summed E-state index contributed by atoms with van der Waals surface area (Å²) in [6, 6.07) is 16.3. The highest BCUT2D eigenvalue weighted by molar-refractivity contribution is 5.80. The molecule has 180 valence electrons. The van der Waals surface area contributed by atoms with Crippen molar-refractivity contribution in [3.8, 4) is 11.1 Å². The quantitative estimate of drug-likeness (QED) is 0.544. The summed E-state index contributed by atoms with van der Waals surface area (Å²) >= 11 is 0. The van der Waals surface area contributed by atoms with Gasteiger partial charge in [-0.2, -0.15) is 0 Å². The van der Waals surface area contributed by atoms with Crippen molar-refractivity contribution >= 4 is 18.0 Å².